The van der Waals surface area contributed by atoms with Crippen molar-refractivity contribution in [1.82, 2.24) is 0 Å². The number of rotatable bonds is 8. The molecular weight excluding hydrogens is 472 g/mol. The van der Waals surface area contributed by atoms with Gasteiger partial charge in [0.1, 0.15) is 22.6 Å². The van der Waals surface area contributed by atoms with Gasteiger partial charge in [0.15, 0.2) is 11.5 Å². The number of ether oxygens (including phenoxy) is 2. The number of carbonyl (C=O) groups is 4. The molecule has 0 amide bonds. The summed E-state index contributed by atoms with van der Waals surface area (Å²) in [6.07, 6.45) is 0. The fourth-order valence-electron chi connectivity index (χ4n) is 3.74. The lowest BCUT2D eigenvalue weighted by Gasteiger charge is -2.22. The van der Waals surface area contributed by atoms with Gasteiger partial charge in [-0.25, -0.2) is 19.2 Å². The lowest BCUT2D eigenvalue weighted by Crippen LogP contribution is -2.11. The Kier molecular flexibility index (Phi) is 7.00. The third-order valence-electron chi connectivity index (χ3n) is 5.94. The van der Waals surface area contributed by atoms with E-state index < -0.39 is 46.1 Å². The van der Waals surface area contributed by atoms with E-state index in [-0.39, 0.29) is 23.0 Å². The molecule has 10 nitrogen and oxygen atoms in total. The molecule has 0 fully saturated rings. The maximum Gasteiger partial charge on any atom is 0.340 e. The Morgan fingerprint density at radius 3 is 1.14 bits per heavy atom. The van der Waals surface area contributed by atoms with E-state index in [9.17, 15) is 39.6 Å². The summed E-state index contributed by atoms with van der Waals surface area (Å²) in [5.74, 6) is -6.45. The smallest absolute Gasteiger partial charge is 0.340 e. The highest BCUT2D eigenvalue weighted by atomic mass is 16.5. The second-order valence-corrected chi connectivity index (χ2v) is 7.94. The van der Waals surface area contributed by atoms with Crippen molar-refractivity contribution >= 4 is 23.9 Å². The number of carboxylic acids is 4. The molecule has 0 unspecified atom stereocenters. The Bertz CT molecular complexity index is 1330. The van der Waals surface area contributed by atoms with Gasteiger partial charge in [-0.2, -0.15) is 0 Å². The first-order valence-electron chi connectivity index (χ1n) is 10.5. The van der Waals surface area contributed by atoms with Crippen LogP contribution in [-0.4, -0.2) is 44.3 Å². The minimum Gasteiger partial charge on any atom is -0.478 e. The largest absolute Gasteiger partial charge is 0.478 e. The van der Waals surface area contributed by atoms with Gasteiger partial charge in [-0.15, -0.1) is 0 Å². The van der Waals surface area contributed by atoms with Crippen molar-refractivity contribution in [1.29, 1.82) is 0 Å². The van der Waals surface area contributed by atoms with Crippen LogP contribution in [0.3, 0.4) is 0 Å². The molecule has 0 spiro atoms. The van der Waals surface area contributed by atoms with E-state index in [0.29, 0.717) is 11.1 Å². The van der Waals surface area contributed by atoms with Gasteiger partial charge in [0.2, 0.25) is 0 Å². The minimum absolute atomic E-state index is 0.0257. The predicted molar refractivity (Wildman–Crippen MR) is 126 cm³/mol. The van der Waals surface area contributed by atoms with Gasteiger partial charge in [0.25, 0.3) is 0 Å². The molecule has 0 aromatic heterocycles. The van der Waals surface area contributed by atoms with E-state index in [0.717, 1.165) is 23.3 Å². The van der Waals surface area contributed by atoms with Crippen molar-refractivity contribution in [2.45, 2.75) is 27.7 Å². The highest BCUT2D eigenvalue weighted by Gasteiger charge is 2.27. The molecule has 3 rings (SSSR count). The van der Waals surface area contributed by atoms with Gasteiger partial charge >= 0.3 is 23.9 Å². The van der Waals surface area contributed by atoms with Gasteiger partial charge in [0.05, 0.1) is 11.1 Å². The molecule has 3 aromatic carbocycles. The zero-order valence-corrected chi connectivity index (χ0v) is 19.7. The molecule has 10 heteroatoms. The van der Waals surface area contributed by atoms with Crippen molar-refractivity contribution in [3.05, 3.63) is 80.9 Å². The lowest BCUT2D eigenvalue weighted by molar-refractivity contribution is 0.0648. The fraction of sp³-hybridized carbons (Fsp3) is 0.154. The Balaban J connectivity index is 2.29. The van der Waals surface area contributed by atoms with Crippen molar-refractivity contribution in [2.75, 3.05) is 0 Å². The summed E-state index contributed by atoms with van der Waals surface area (Å²) in [6, 6.07) is 7.49. The second kappa shape index (κ2) is 9.79. The van der Waals surface area contributed by atoms with Crippen LogP contribution >= 0.6 is 0 Å². The molecular formula is C26H22O10. The van der Waals surface area contributed by atoms with E-state index in [1.807, 2.05) is 0 Å². The molecule has 4 N–H and O–H groups in total. The monoisotopic (exact) mass is 494 g/mol. The third kappa shape index (κ3) is 4.56. The molecule has 0 aliphatic rings. The highest BCUT2D eigenvalue weighted by molar-refractivity contribution is 6.04. The fourth-order valence-corrected chi connectivity index (χ4v) is 3.74. The van der Waals surface area contributed by atoms with Crippen LogP contribution in [0.5, 0.6) is 23.0 Å². The quantitative estimate of drug-likeness (QED) is 0.322. The minimum atomic E-state index is -1.52. The normalized spacial score (nSPS) is 10.6. The number of carboxylic acid groups (broad SMARTS) is 4. The van der Waals surface area contributed by atoms with Gasteiger partial charge in [-0.3, -0.25) is 0 Å². The molecule has 0 radical (unpaired) electrons. The summed E-state index contributed by atoms with van der Waals surface area (Å²) in [5, 5.41) is 38.2. The SMILES string of the molecule is Cc1c(C)c(C)c(Oc2cccc(C(=O)O)c2C(=O)O)c(Oc2cccc(C(=O)O)c2C(=O)O)c1C. The standard InChI is InChI=1S/C26H22O10/c1-11-12(2)14(4)22(36-18-10-6-8-16(24(29)30)20(18)26(33)34)21(13(11)3)35-17-9-5-7-15(23(27)28)19(17)25(31)32/h5-10H,1-4H3,(H,27,28)(H,29,30)(H,31,32)(H,33,34). The molecule has 0 heterocycles. The summed E-state index contributed by atoms with van der Waals surface area (Å²) >= 11 is 0. The molecule has 0 atom stereocenters. The van der Waals surface area contributed by atoms with Crippen LogP contribution in [0.2, 0.25) is 0 Å². The van der Waals surface area contributed by atoms with Crippen LogP contribution in [0.4, 0.5) is 0 Å². The Labute approximate surface area is 205 Å². The topological polar surface area (TPSA) is 168 Å². The summed E-state index contributed by atoms with van der Waals surface area (Å²) < 4.78 is 11.9. The van der Waals surface area contributed by atoms with E-state index >= 15 is 0 Å². The van der Waals surface area contributed by atoms with Crippen molar-refractivity contribution in [2.24, 2.45) is 0 Å². The number of benzene rings is 3. The Morgan fingerprint density at radius 2 is 0.861 bits per heavy atom. The average Bonchev–Trinajstić information content (AvgIpc) is 2.82. The Morgan fingerprint density at radius 1 is 0.528 bits per heavy atom. The molecule has 186 valence electrons. The summed E-state index contributed by atoms with van der Waals surface area (Å²) in [4.78, 5) is 47.0. The van der Waals surface area contributed by atoms with E-state index in [1.165, 1.54) is 24.3 Å². The molecule has 0 saturated carbocycles. The second-order valence-electron chi connectivity index (χ2n) is 7.94. The van der Waals surface area contributed by atoms with Crippen LogP contribution in [0, 0.1) is 27.7 Å². The summed E-state index contributed by atoms with van der Waals surface area (Å²) in [7, 11) is 0. The van der Waals surface area contributed by atoms with Crippen molar-refractivity contribution in [3.63, 3.8) is 0 Å². The zero-order valence-electron chi connectivity index (χ0n) is 19.7. The van der Waals surface area contributed by atoms with Crippen molar-refractivity contribution < 1.29 is 49.1 Å². The number of hydrogen-bond donors (Lipinski definition) is 4. The summed E-state index contributed by atoms with van der Waals surface area (Å²) in [6.45, 7) is 6.95. The first-order chi connectivity index (χ1) is 16.9. The van der Waals surface area contributed by atoms with Gasteiger partial charge < -0.3 is 29.9 Å². The maximum atomic E-state index is 11.9. The van der Waals surface area contributed by atoms with Crippen molar-refractivity contribution in [3.8, 4) is 23.0 Å². The van der Waals surface area contributed by atoms with Crippen LogP contribution in [0.1, 0.15) is 63.7 Å². The van der Waals surface area contributed by atoms with Gasteiger partial charge in [-0.05, 0) is 74.2 Å². The highest BCUT2D eigenvalue weighted by Crippen LogP contribution is 2.45. The van der Waals surface area contributed by atoms with E-state index in [2.05, 4.69) is 0 Å². The number of hydrogen-bond acceptors (Lipinski definition) is 6. The zero-order chi connectivity index (χ0) is 26.9. The Hall–Kier alpha value is -4.86. The third-order valence-corrected chi connectivity index (χ3v) is 5.94. The molecule has 3 aromatic rings. The van der Waals surface area contributed by atoms with Crippen LogP contribution < -0.4 is 9.47 Å². The van der Waals surface area contributed by atoms with Gasteiger partial charge in [-0.1, -0.05) is 12.1 Å². The molecule has 36 heavy (non-hydrogen) atoms. The lowest BCUT2D eigenvalue weighted by atomic mass is 9.97. The summed E-state index contributed by atoms with van der Waals surface area (Å²) in [5.41, 5.74) is 0.479. The number of aromatic carboxylic acids is 4. The van der Waals surface area contributed by atoms with E-state index in [4.69, 9.17) is 9.47 Å². The molecule has 0 aliphatic carbocycles. The van der Waals surface area contributed by atoms with E-state index in [1.54, 1.807) is 27.7 Å². The molecule has 0 aliphatic heterocycles. The molecule has 0 bridgehead atoms. The molecule has 0 saturated heterocycles. The van der Waals surface area contributed by atoms with Crippen LogP contribution in [0.15, 0.2) is 36.4 Å². The van der Waals surface area contributed by atoms with Crippen LogP contribution in [0.25, 0.3) is 0 Å². The predicted octanol–water partition coefficient (Wildman–Crippen LogP) is 5.30. The first kappa shape index (κ1) is 25.8. The van der Waals surface area contributed by atoms with Gasteiger partial charge in [0, 0.05) is 0 Å². The maximum absolute atomic E-state index is 11.9. The van der Waals surface area contributed by atoms with Crippen LogP contribution in [-0.2, 0) is 0 Å². The first-order valence-corrected chi connectivity index (χ1v) is 10.5. The average molecular weight is 494 g/mol.